The maximum absolute atomic E-state index is 8.67. The number of allylic oxidation sites excluding steroid dienone is 3. The van der Waals surface area contributed by atoms with Crippen LogP contribution in [0.1, 0.15) is 13.8 Å². The van der Waals surface area contributed by atoms with Gasteiger partial charge in [-0.3, -0.25) is 0 Å². The Bertz CT molecular complexity index is 119. The van der Waals surface area contributed by atoms with Crippen molar-refractivity contribution >= 4 is 0 Å². The van der Waals surface area contributed by atoms with Crippen molar-refractivity contribution in [3.63, 3.8) is 0 Å². The Labute approximate surface area is 55.1 Å². The largest absolute Gasteiger partial charge is 0.513 e. The molecule has 0 spiro atoms. The summed E-state index contributed by atoms with van der Waals surface area (Å²) in [4.78, 5) is 0. The predicted molar refractivity (Wildman–Crippen MR) is 37.2 cm³/mol. The minimum Gasteiger partial charge on any atom is -0.513 e. The lowest BCUT2D eigenvalue weighted by Gasteiger charge is -1.89. The van der Waals surface area contributed by atoms with Gasteiger partial charge in [0.2, 0.25) is 0 Å². The number of aliphatic hydroxyl groups excluding tert-OH is 2. The van der Waals surface area contributed by atoms with Crippen molar-refractivity contribution in [2.75, 3.05) is 0 Å². The van der Waals surface area contributed by atoms with Gasteiger partial charge >= 0.3 is 0 Å². The van der Waals surface area contributed by atoms with Crippen LogP contribution in [0.5, 0.6) is 0 Å². The van der Waals surface area contributed by atoms with Gasteiger partial charge in [0.05, 0.1) is 11.9 Å². The van der Waals surface area contributed by atoms with Gasteiger partial charge in [0.25, 0.3) is 0 Å². The van der Waals surface area contributed by atoms with E-state index in [4.69, 9.17) is 10.2 Å². The van der Waals surface area contributed by atoms with E-state index in [0.717, 1.165) is 0 Å². The van der Waals surface area contributed by atoms with Crippen molar-refractivity contribution < 1.29 is 10.2 Å². The SMILES string of the molecule is C/C(O)=C/C=C\C(C)O. The minimum atomic E-state index is -0.444. The smallest absolute Gasteiger partial charge is 0.0891 e. The molecule has 0 rings (SSSR count). The molecule has 0 radical (unpaired) electrons. The average molecular weight is 128 g/mol. The van der Waals surface area contributed by atoms with Gasteiger partial charge < -0.3 is 10.2 Å². The Hall–Kier alpha value is -0.760. The van der Waals surface area contributed by atoms with Crippen LogP contribution in [0.4, 0.5) is 0 Å². The van der Waals surface area contributed by atoms with E-state index in [0.29, 0.717) is 0 Å². The maximum Gasteiger partial charge on any atom is 0.0891 e. The second-order valence-electron chi connectivity index (χ2n) is 1.93. The van der Waals surface area contributed by atoms with E-state index in [2.05, 4.69) is 0 Å². The molecule has 0 saturated heterocycles. The fourth-order valence-corrected chi connectivity index (χ4v) is 0.356. The van der Waals surface area contributed by atoms with Gasteiger partial charge in [0.1, 0.15) is 0 Å². The lowest BCUT2D eigenvalue weighted by atomic mass is 10.3. The van der Waals surface area contributed by atoms with Crippen molar-refractivity contribution in [2.24, 2.45) is 0 Å². The highest BCUT2D eigenvalue weighted by molar-refractivity contribution is 5.06. The summed E-state index contributed by atoms with van der Waals surface area (Å²) < 4.78 is 0. The van der Waals surface area contributed by atoms with E-state index in [1.165, 1.54) is 6.08 Å². The molecule has 1 unspecified atom stereocenters. The average Bonchev–Trinajstić information content (AvgIpc) is 1.63. The molecule has 0 fully saturated rings. The molecule has 0 heterocycles. The normalized spacial score (nSPS) is 16.6. The van der Waals surface area contributed by atoms with Crippen molar-refractivity contribution in [2.45, 2.75) is 20.0 Å². The van der Waals surface area contributed by atoms with E-state index in [1.807, 2.05) is 0 Å². The summed E-state index contributed by atoms with van der Waals surface area (Å²) in [5.74, 6) is 0.243. The van der Waals surface area contributed by atoms with Gasteiger partial charge in [-0.25, -0.2) is 0 Å². The summed E-state index contributed by atoms with van der Waals surface area (Å²) in [5.41, 5.74) is 0. The summed E-state index contributed by atoms with van der Waals surface area (Å²) in [6.45, 7) is 3.23. The molecular weight excluding hydrogens is 116 g/mol. The number of hydrogen-bond acceptors (Lipinski definition) is 2. The third-order valence-electron chi connectivity index (χ3n) is 0.727. The molecule has 0 aromatic carbocycles. The Balaban J connectivity index is 3.60. The van der Waals surface area contributed by atoms with Gasteiger partial charge in [-0.1, -0.05) is 12.2 Å². The third kappa shape index (κ3) is 7.24. The first kappa shape index (κ1) is 8.24. The third-order valence-corrected chi connectivity index (χ3v) is 0.727. The van der Waals surface area contributed by atoms with Crippen LogP contribution in [-0.4, -0.2) is 16.3 Å². The highest BCUT2D eigenvalue weighted by Gasteiger charge is 1.81. The first-order valence-corrected chi connectivity index (χ1v) is 2.85. The van der Waals surface area contributed by atoms with E-state index in [1.54, 1.807) is 26.0 Å². The van der Waals surface area contributed by atoms with E-state index in [9.17, 15) is 0 Å². The molecule has 9 heavy (non-hydrogen) atoms. The zero-order valence-electron chi connectivity index (χ0n) is 5.70. The predicted octanol–water partition coefficient (Wildman–Crippen LogP) is 1.39. The Morgan fingerprint density at radius 2 is 2.11 bits per heavy atom. The van der Waals surface area contributed by atoms with Crippen molar-refractivity contribution in [3.8, 4) is 0 Å². The lowest BCUT2D eigenvalue weighted by molar-refractivity contribution is 0.244. The van der Waals surface area contributed by atoms with Crippen LogP contribution < -0.4 is 0 Å². The molecule has 2 N–H and O–H groups in total. The Morgan fingerprint density at radius 3 is 2.44 bits per heavy atom. The van der Waals surface area contributed by atoms with Crippen LogP contribution in [-0.2, 0) is 0 Å². The van der Waals surface area contributed by atoms with Crippen LogP contribution in [0.15, 0.2) is 24.0 Å². The first-order valence-electron chi connectivity index (χ1n) is 2.85. The molecule has 0 aromatic rings. The van der Waals surface area contributed by atoms with Gasteiger partial charge in [-0.15, -0.1) is 0 Å². The molecule has 0 aromatic heterocycles. The van der Waals surface area contributed by atoms with Crippen LogP contribution in [0.2, 0.25) is 0 Å². The summed E-state index contributed by atoms with van der Waals surface area (Å²) in [5, 5.41) is 17.3. The van der Waals surface area contributed by atoms with Crippen LogP contribution >= 0.6 is 0 Å². The Morgan fingerprint density at radius 1 is 1.56 bits per heavy atom. The number of rotatable bonds is 2. The van der Waals surface area contributed by atoms with Gasteiger partial charge in [-0.05, 0) is 19.9 Å². The van der Waals surface area contributed by atoms with Gasteiger partial charge in [-0.2, -0.15) is 0 Å². The summed E-state index contributed by atoms with van der Waals surface area (Å²) >= 11 is 0. The van der Waals surface area contributed by atoms with Gasteiger partial charge in [0, 0.05) is 0 Å². The fraction of sp³-hybridized carbons (Fsp3) is 0.429. The monoisotopic (exact) mass is 128 g/mol. The molecule has 2 heteroatoms. The Kier molecular flexibility index (Phi) is 3.80. The second-order valence-corrected chi connectivity index (χ2v) is 1.93. The molecule has 2 nitrogen and oxygen atoms in total. The fourth-order valence-electron chi connectivity index (χ4n) is 0.356. The molecule has 52 valence electrons. The number of aliphatic hydroxyl groups is 2. The highest BCUT2D eigenvalue weighted by atomic mass is 16.3. The zero-order valence-corrected chi connectivity index (χ0v) is 5.70. The van der Waals surface area contributed by atoms with Crippen molar-refractivity contribution in [3.05, 3.63) is 24.0 Å². The molecule has 0 aliphatic heterocycles. The number of hydrogen-bond donors (Lipinski definition) is 2. The van der Waals surface area contributed by atoms with Crippen LogP contribution in [0, 0.1) is 0 Å². The molecule has 1 atom stereocenters. The quantitative estimate of drug-likeness (QED) is 0.435. The first-order chi connectivity index (χ1) is 4.13. The van der Waals surface area contributed by atoms with E-state index >= 15 is 0 Å². The maximum atomic E-state index is 8.67. The van der Waals surface area contributed by atoms with Gasteiger partial charge in [0.15, 0.2) is 0 Å². The standard InChI is InChI=1S/C7H12O2/c1-6(8)4-3-5-7(2)9/h3-6,8-9H,1-2H3/b4-3-,7-5-. The van der Waals surface area contributed by atoms with E-state index < -0.39 is 6.10 Å². The summed E-state index contributed by atoms with van der Waals surface area (Å²) in [6, 6.07) is 0. The molecule has 0 saturated carbocycles. The minimum absolute atomic E-state index is 0.243. The summed E-state index contributed by atoms with van der Waals surface area (Å²) in [7, 11) is 0. The topological polar surface area (TPSA) is 40.5 Å². The van der Waals surface area contributed by atoms with Crippen molar-refractivity contribution in [1.82, 2.24) is 0 Å². The van der Waals surface area contributed by atoms with Crippen LogP contribution in [0.3, 0.4) is 0 Å². The molecular formula is C7H12O2. The molecule has 0 amide bonds. The van der Waals surface area contributed by atoms with E-state index in [-0.39, 0.29) is 5.76 Å². The van der Waals surface area contributed by atoms with Crippen molar-refractivity contribution in [1.29, 1.82) is 0 Å². The lowest BCUT2D eigenvalue weighted by Crippen LogP contribution is -1.90. The molecule has 0 bridgehead atoms. The highest BCUT2D eigenvalue weighted by Crippen LogP contribution is 1.87. The van der Waals surface area contributed by atoms with Crippen LogP contribution in [0.25, 0.3) is 0 Å². The zero-order chi connectivity index (χ0) is 7.28. The second kappa shape index (κ2) is 4.15. The molecule has 0 aliphatic carbocycles. The molecule has 0 aliphatic rings. The summed E-state index contributed by atoms with van der Waals surface area (Å²) in [6.07, 6.45) is 4.27.